The number of nitrogens with zero attached hydrogens (tertiary/aromatic N) is 1. The van der Waals surface area contributed by atoms with Crippen molar-refractivity contribution in [3.8, 4) is 0 Å². The van der Waals surface area contributed by atoms with Crippen LogP contribution >= 0.6 is 11.8 Å². The van der Waals surface area contributed by atoms with Crippen LogP contribution in [0.2, 0.25) is 0 Å². The van der Waals surface area contributed by atoms with Crippen LogP contribution in [0.25, 0.3) is 0 Å². The second-order valence-corrected chi connectivity index (χ2v) is 7.42. The van der Waals surface area contributed by atoms with E-state index in [2.05, 4.69) is 74.2 Å². The topological polar surface area (TPSA) is 15.3 Å². The van der Waals surface area contributed by atoms with E-state index in [4.69, 9.17) is 0 Å². The minimum Gasteiger partial charge on any atom is -0.378 e. The highest BCUT2D eigenvalue weighted by Crippen LogP contribution is 2.31. The molecule has 3 heteroatoms. The highest BCUT2D eigenvalue weighted by Gasteiger charge is 2.28. The number of benzene rings is 1. The molecule has 3 atom stereocenters. The van der Waals surface area contributed by atoms with Crippen LogP contribution in [-0.4, -0.2) is 31.1 Å². The molecule has 2 nitrogen and oxygen atoms in total. The van der Waals surface area contributed by atoms with Crippen LogP contribution in [-0.2, 0) is 0 Å². The van der Waals surface area contributed by atoms with E-state index >= 15 is 0 Å². The van der Waals surface area contributed by atoms with Crippen LogP contribution in [0.3, 0.4) is 0 Å². The Labute approximate surface area is 128 Å². The molecule has 0 radical (unpaired) electrons. The molecule has 0 aliphatic heterocycles. The van der Waals surface area contributed by atoms with Gasteiger partial charge in [-0.2, -0.15) is 11.8 Å². The predicted molar refractivity (Wildman–Crippen MR) is 91.9 cm³/mol. The van der Waals surface area contributed by atoms with Crippen molar-refractivity contribution in [1.82, 2.24) is 5.32 Å². The van der Waals surface area contributed by atoms with Crippen molar-refractivity contribution >= 4 is 17.4 Å². The Bertz CT molecular complexity index is 402. The van der Waals surface area contributed by atoms with Gasteiger partial charge in [-0.05, 0) is 43.2 Å². The summed E-state index contributed by atoms with van der Waals surface area (Å²) < 4.78 is 0. The third-order valence-corrected chi connectivity index (χ3v) is 5.53. The molecule has 0 aromatic heterocycles. The van der Waals surface area contributed by atoms with E-state index in [0.717, 1.165) is 5.25 Å². The Morgan fingerprint density at radius 2 is 1.95 bits per heavy atom. The second kappa shape index (κ2) is 7.37. The maximum absolute atomic E-state index is 3.84. The Morgan fingerprint density at radius 3 is 2.55 bits per heavy atom. The maximum Gasteiger partial charge on any atom is 0.0361 e. The Hall–Kier alpha value is -0.670. The van der Waals surface area contributed by atoms with Gasteiger partial charge < -0.3 is 10.2 Å². The van der Waals surface area contributed by atoms with E-state index in [1.165, 1.54) is 36.3 Å². The smallest absolute Gasteiger partial charge is 0.0361 e. The zero-order valence-electron chi connectivity index (χ0n) is 13.2. The standard InChI is InChI=1S/C17H28N2S/c1-5-20-17-8-6-7-16(17)18-13(2)14-9-11-15(12-10-14)19(3)4/h9-13,16-18H,5-8H2,1-4H3. The predicted octanol–water partition coefficient (Wildman–Crippen LogP) is 4.08. The molecule has 3 unspecified atom stereocenters. The second-order valence-electron chi connectivity index (χ2n) is 5.91. The third kappa shape index (κ3) is 3.92. The number of hydrogen-bond donors (Lipinski definition) is 1. The molecule has 1 aliphatic carbocycles. The highest BCUT2D eigenvalue weighted by molar-refractivity contribution is 7.99. The molecular formula is C17H28N2S. The molecule has 2 rings (SSSR count). The van der Waals surface area contributed by atoms with Crippen LogP contribution in [0.4, 0.5) is 5.69 Å². The average molecular weight is 292 g/mol. The molecule has 1 aromatic rings. The van der Waals surface area contributed by atoms with Crippen molar-refractivity contribution in [3.63, 3.8) is 0 Å². The normalized spacial score (nSPS) is 23.8. The summed E-state index contributed by atoms with van der Waals surface area (Å²) in [4.78, 5) is 2.15. The molecule has 0 spiro atoms. The third-order valence-electron chi connectivity index (χ3n) is 4.21. The lowest BCUT2D eigenvalue weighted by molar-refractivity contribution is 0.467. The van der Waals surface area contributed by atoms with Gasteiger partial charge in [0, 0.05) is 37.1 Å². The van der Waals surface area contributed by atoms with Gasteiger partial charge in [-0.3, -0.25) is 0 Å². The van der Waals surface area contributed by atoms with Gasteiger partial charge in [0.15, 0.2) is 0 Å². The molecule has 0 amide bonds. The number of thioether (sulfide) groups is 1. The summed E-state index contributed by atoms with van der Waals surface area (Å²) in [5, 5.41) is 4.65. The molecule has 1 N–H and O–H groups in total. The average Bonchev–Trinajstić information content (AvgIpc) is 2.86. The summed E-state index contributed by atoms with van der Waals surface area (Å²) in [7, 11) is 4.17. The van der Waals surface area contributed by atoms with Gasteiger partial charge in [-0.25, -0.2) is 0 Å². The van der Waals surface area contributed by atoms with Gasteiger partial charge in [0.2, 0.25) is 0 Å². The van der Waals surface area contributed by atoms with Gasteiger partial charge in [0.1, 0.15) is 0 Å². The Morgan fingerprint density at radius 1 is 1.25 bits per heavy atom. The highest BCUT2D eigenvalue weighted by atomic mass is 32.2. The fourth-order valence-electron chi connectivity index (χ4n) is 3.01. The first-order valence-electron chi connectivity index (χ1n) is 7.76. The number of nitrogens with one attached hydrogen (secondary N) is 1. The summed E-state index contributed by atoms with van der Waals surface area (Å²) in [5.41, 5.74) is 2.66. The zero-order chi connectivity index (χ0) is 14.5. The molecule has 0 saturated heterocycles. The minimum atomic E-state index is 0.439. The van der Waals surface area contributed by atoms with Gasteiger partial charge in [-0.15, -0.1) is 0 Å². The first kappa shape index (κ1) is 15.7. The lowest BCUT2D eigenvalue weighted by Crippen LogP contribution is -2.36. The molecule has 0 bridgehead atoms. The van der Waals surface area contributed by atoms with Crippen LogP contribution in [0, 0.1) is 0 Å². The molecule has 1 aromatic carbocycles. The summed E-state index contributed by atoms with van der Waals surface area (Å²) >= 11 is 2.12. The molecule has 0 heterocycles. The molecule has 1 saturated carbocycles. The molecule has 1 fully saturated rings. The van der Waals surface area contributed by atoms with Gasteiger partial charge in [0.25, 0.3) is 0 Å². The summed E-state index contributed by atoms with van der Waals surface area (Å²) in [6.45, 7) is 4.56. The van der Waals surface area contributed by atoms with Gasteiger partial charge in [0.05, 0.1) is 0 Å². The van der Waals surface area contributed by atoms with Crippen molar-refractivity contribution in [2.45, 2.75) is 50.4 Å². The van der Waals surface area contributed by atoms with E-state index in [9.17, 15) is 0 Å². The summed E-state index contributed by atoms with van der Waals surface area (Å²) in [6.07, 6.45) is 4.09. The van der Waals surface area contributed by atoms with Crippen LogP contribution in [0.1, 0.15) is 44.7 Å². The minimum absolute atomic E-state index is 0.439. The Kier molecular flexibility index (Phi) is 5.79. The lowest BCUT2D eigenvalue weighted by atomic mass is 10.1. The monoisotopic (exact) mass is 292 g/mol. The van der Waals surface area contributed by atoms with Crippen molar-refractivity contribution in [2.75, 3.05) is 24.7 Å². The maximum atomic E-state index is 3.84. The number of hydrogen-bond acceptors (Lipinski definition) is 3. The summed E-state index contributed by atoms with van der Waals surface area (Å²) in [5.74, 6) is 1.23. The first-order chi connectivity index (χ1) is 9.61. The Balaban J connectivity index is 1.95. The molecule has 20 heavy (non-hydrogen) atoms. The van der Waals surface area contributed by atoms with E-state index in [0.29, 0.717) is 12.1 Å². The van der Waals surface area contributed by atoms with Crippen molar-refractivity contribution in [1.29, 1.82) is 0 Å². The van der Waals surface area contributed by atoms with E-state index in [-0.39, 0.29) is 0 Å². The van der Waals surface area contributed by atoms with Crippen LogP contribution in [0.15, 0.2) is 24.3 Å². The molecular weight excluding hydrogens is 264 g/mol. The fraction of sp³-hybridized carbons (Fsp3) is 0.647. The van der Waals surface area contributed by atoms with E-state index < -0.39 is 0 Å². The van der Waals surface area contributed by atoms with Crippen molar-refractivity contribution in [3.05, 3.63) is 29.8 Å². The molecule has 112 valence electrons. The molecule has 1 aliphatic rings. The lowest BCUT2D eigenvalue weighted by Gasteiger charge is -2.25. The van der Waals surface area contributed by atoms with Crippen LogP contribution in [0.5, 0.6) is 0 Å². The van der Waals surface area contributed by atoms with Crippen LogP contribution < -0.4 is 10.2 Å². The van der Waals surface area contributed by atoms with E-state index in [1.807, 2.05) is 0 Å². The fourth-order valence-corrected chi connectivity index (χ4v) is 4.22. The van der Waals surface area contributed by atoms with Gasteiger partial charge >= 0.3 is 0 Å². The number of anilines is 1. The number of rotatable bonds is 6. The first-order valence-corrected chi connectivity index (χ1v) is 8.81. The quantitative estimate of drug-likeness (QED) is 0.850. The van der Waals surface area contributed by atoms with Crippen molar-refractivity contribution < 1.29 is 0 Å². The summed E-state index contributed by atoms with van der Waals surface area (Å²) in [6, 6.07) is 10.0. The van der Waals surface area contributed by atoms with Gasteiger partial charge in [-0.1, -0.05) is 25.5 Å². The van der Waals surface area contributed by atoms with Crippen molar-refractivity contribution in [2.24, 2.45) is 0 Å². The zero-order valence-corrected chi connectivity index (χ0v) is 14.0. The van der Waals surface area contributed by atoms with E-state index in [1.54, 1.807) is 0 Å². The SMILES string of the molecule is CCSC1CCCC1NC(C)c1ccc(N(C)C)cc1. The largest absolute Gasteiger partial charge is 0.378 e.